The SMILES string of the molecule is CCN(CC)CCN(Cc1cccs1)S(=O)(=O)c1ccc2oc(=O)ccc2c1. The highest BCUT2D eigenvalue weighted by atomic mass is 32.2. The number of rotatable bonds is 9. The molecule has 2 heterocycles. The van der Waals surface area contributed by atoms with E-state index < -0.39 is 15.6 Å². The van der Waals surface area contributed by atoms with Gasteiger partial charge in [0.15, 0.2) is 0 Å². The third kappa shape index (κ3) is 4.70. The van der Waals surface area contributed by atoms with E-state index in [9.17, 15) is 13.2 Å². The lowest BCUT2D eigenvalue weighted by molar-refractivity contribution is 0.269. The summed E-state index contributed by atoms with van der Waals surface area (Å²) in [5.41, 5.74) is -0.0824. The maximum atomic E-state index is 13.4. The topological polar surface area (TPSA) is 70.8 Å². The molecule has 0 amide bonds. The van der Waals surface area contributed by atoms with Gasteiger partial charge < -0.3 is 9.32 Å². The Kier molecular flexibility index (Phi) is 6.66. The first-order valence-electron chi connectivity index (χ1n) is 9.23. The average molecular weight is 421 g/mol. The van der Waals surface area contributed by atoms with Crippen molar-refractivity contribution in [2.75, 3.05) is 26.2 Å². The van der Waals surface area contributed by atoms with Gasteiger partial charge in [-0.1, -0.05) is 19.9 Å². The first-order valence-corrected chi connectivity index (χ1v) is 11.5. The summed E-state index contributed by atoms with van der Waals surface area (Å²) < 4.78 is 33.4. The van der Waals surface area contributed by atoms with Crippen LogP contribution in [-0.2, 0) is 16.6 Å². The van der Waals surface area contributed by atoms with E-state index in [1.54, 1.807) is 23.5 Å². The number of benzene rings is 1. The van der Waals surface area contributed by atoms with Crippen LogP contribution in [0.15, 0.2) is 62.0 Å². The second-order valence-corrected chi connectivity index (χ2v) is 9.37. The van der Waals surface area contributed by atoms with E-state index >= 15 is 0 Å². The summed E-state index contributed by atoms with van der Waals surface area (Å²) in [5.74, 6) is 0. The van der Waals surface area contributed by atoms with Crippen LogP contribution in [0.1, 0.15) is 18.7 Å². The predicted molar refractivity (Wildman–Crippen MR) is 112 cm³/mol. The van der Waals surface area contributed by atoms with Gasteiger partial charge in [0.1, 0.15) is 5.58 Å². The number of hydrogen-bond donors (Lipinski definition) is 0. The standard InChI is InChI=1S/C20H24N2O4S2/c1-3-21(4-2)11-12-22(15-17-6-5-13-27-17)28(24,25)18-8-9-19-16(14-18)7-10-20(23)26-19/h5-10,13-14H,3-4,11-12,15H2,1-2H3. The molecule has 0 aliphatic carbocycles. The molecular formula is C20H24N2O4S2. The molecule has 6 nitrogen and oxygen atoms in total. The average Bonchev–Trinajstić information content (AvgIpc) is 3.20. The summed E-state index contributed by atoms with van der Waals surface area (Å²) in [7, 11) is -3.70. The highest BCUT2D eigenvalue weighted by molar-refractivity contribution is 7.89. The van der Waals surface area contributed by atoms with Crippen molar-refractivity contribution in [3.63, 3.8) is 0 Å². The minimum Gasteiger partial charge on any atom is -0.423 e. The van der Waals surface area contributed by atoms with Crippen LogP contribution in [0.2, 0.25) is 0 Å². The molecule has 3 rings (SSSR count). The molecule has 0 aliphatic rings. The maximum absolute atomic E-state index is 13.4. The van der Waals surface area contributed by atoms with Crippen molar-refractivity contribution in [2.24, 2.45) is 0 Å². The summed E-state index contributed by atoms with van der Waals surface area (Å²) in [4.78, 5) is 14.8. The van der Waals surface area contributed by atoms with Gasteiger partial charge in [-0.05, 0) is 48.8 Å². The third-order valence-corrected chi connectivity index (χ3v) is 7.40. The molecule has 0 unspecified atom stereocenters. The van der Waals surface area contributed by atoms with Gasteiger partial charge in [-0.3, -0.25) is 0 Å². The van der Waals surface area contributed by atoms with Crippen molar-refractivity contribution in [1.29, 1.82) is 0 Å². The van der Waals surface area contributed by atoms with Crippen molar-refractivity contribution in [2.45, 2.75) is 25.3 Å². The van der Waals surface area contributed by atoms with Crippen LogP contribution in [0.4, 0.5) is 0 Å². The van der Waals surface area contributed by atoms with Crippen molar-refractivity contribution in [1.82, 2.24) is 9.21 Å². The Labute approximate surface area is 169 Å². The van der Waals surface area contributed by atoms with Gasteiger partial charge in [0, 0.05) is 36.0 Å². The van der Waals surface area contributed by atoms with E-state index in [4.69, 9.17) is 4.42 Å². The van der Waals surface area contributed by atoms with Crippen molar-refractivity contribution in [3.05, 3.63) is 63.1 Å². The van der Waals surface area contributed by atoms with Gasteiger partial charge in [-0.2, -0.15) is 4.31 Å². The van der Waals surface area contributed by atoms with Crippen LogP contribution in [-0.4, -0.2) is 43.8 Å². The Hall–Kier alpha value is -2.00. The summed E-state index contributed by atoms with van der Waals surface area (Å²) in [6.07, 6.45) is 0. The zero-order valence-electron chi connectivity index (χ0n) is 16.0. The molecule has 0 N–H and O–H groups in total. The fourth-order valence-electron chi connectivity index (χ4n) is 3.01. The Bertz CT molecular complexity index is 1070. The molecule has 150 valence electrons. The normalized spacial score (nSPS) is 12.3. The molecule has 0 fully saturated rings. The van der Waals surface area contributed by atoms with Crippen molar-refractivity contribution in [3.8, 4) is 0 Å². The van der Waals surface area contributed by atoms with Crippen LogP contribution in [0.5, 0.6) is 0 Å². The van der Waals surface area contributed by atoms with Crippen LogP contribution < -0.4 is 5.63 Å². The maximum Gasteiger partial charge on any atom is 0.336 e. The minimum absolute atomic E-state index is 0.199. The van der Waals surface area contributed by atoms with E-state index in [1.165, 1.54) is 22.5 Å². The van der Waals surface area contributed by atoms with Crippen LogP contribution in [0, 0.1) is 0 Å². The molecule has 0 bridgehead atoms. The molecule has 0 radical (unpaired) electrons. The molecule has 28 heavy (non-hydrogen) atoms. The second kappa shape index (κ2) is 9.00. The zero-order valence-corrected chi connectivity index (χ0v) is 17.6. The molecule has 1 aromatic carbocycles. The molecule has 0 saturated heterocycles. The summed E-state index contributed by atoms with van der Waals surface area (Å²) in [6, 6.07) is 11.3. The van der Waals surface area contributed by atoms with E-state index in [0.29, 0.717) is 30.6 Å². The monoisotopic (exact) mass is 420 g/mol. The smallest absolute Gasteiger partial charge is 0.336 e. The Morgan fingerprint density at radius 2 is 1.82 bits per heavy atom. The molecule has 0 spiro atoms. The Balaban J connectivity index is 1.94. The third-order valence-electron chi connectivity index (χ3n) is 4.70. The Morgan fingerprint density at radius 1 is 1.04 bits per heavy atom. The van der Waals surface area contributed by atoms with Crippen molar-refractivity contribution >= 4 is 32.3 Å². The zero-order chi connectivity index (χ0) is 20.1. The first kappa shape index (κ1) is 20.7. The number of sulfonamides is 1. The fourth-order valence-corrected chi connectivity index (χ4v) is 5.26. The molecule has 2 aromatic heterocycles. The lowest BCUT2D eigenvalue weighted by atomic mass is 10.2. The molecule has 0 aliphatic heterocycles. The van der Waals surface area contributed by atoms with Gasteiger partial charge in [0.05, 0.1) is 4.90 Å². The molecule has 0 saturated carbocycles. The Morgan fingerprint density at radius 3 is 2.50 bits per heavy atom. The van der Waals surface area contributed by atoms with Crippen LogP contribution >= 0.6 is 11.3 Å². The van der Waals surface area contributed by atoms with Crippen LogP contribution in [0.25, 0.3) is 11.0 Å². The van der Waals surface area contributed by atoms with Gasteiger partial charge in [-0.15, -0.1) is 11.3 Å². The number of thiophene rings is 1. The predicted octanol–water partition coefficient (Wildman–Crippen LogP) is 3.39. The summed E-state index contributed by atoms with van der Waals surface area (Å²) in [5, 5.41) is 2.53. The van der Waals surface area contributed by atoms with Crippen LogP contribution in [0.3, 0.4) is 0 Å². The number of fused-ring (bicyclic) bond motifs is 1. The minimum atomic E-state index is -3.70. The highest BCUT2D eigenvalue weighted by Crippen LogP contribution is 2.23. The van der Waals surface area contributed by atoms with Gasteiger partial charge >= 0.3 is 5.63 Å². The van der Waals surface area contributed by atoms with Crippen molar-refractivity contribution < 1.29 is 12.8 Å². The number of likely N-dealkylation sites (N-methyl/N-ethyl adjacent to an activating group) is 1. The number of hydrogen-bond acceptors (Lipinski definition) is 6. The van der Waals surface area contributed by atoms with E-state index in [2.05, 4.69) is 18.7 Å². The van der Waals surface area contributed by atoms with E-state index in [1.807, 2.05) is 17.5 Å². The number of nitrogens with zero attached hydrogens (tertiary/aromatic N) is 2. The summed E-state index contributed by atoms with van der Waals surface area (Å²) in [6.45, 7) is 7.29. The van der Waals surface area contributed by atoms with E-state index in [0.717, 1.165) is 18.0 Å². The lowest BCUT2D eigenvalue weighted by Gasteiger charge is -2.25. The molecular weight excluding hydrogens is 396 g/mol. The van der Waals surface area contributed by atoms with Gasteiger partial charge in [-0.25, -0.2) is 13.2 Å². The second-order valence-electron chi connectivity index (χ2n) is 6.40. The largest absolute Gasteiger partial charge is 0.423 e. The van der Waals surface area contributed by atoms with Gasteiger partial charge in [0.2, 0.25) is 10.0 Å². The van der Waals surface area contributed by atoms with Gasteiger partial charge in [0.25, 0.3) is 0 Å². The summed E-state index contributed by atoms with van der Waals surface area (Å²) >= 11 is 1.54. The molecule has 8 heteroatoms. The van der Waals surface area contributed by atoms with E-state index in [-0.39, 0.29) is 4.90 Å². The fraction of sp³-hybridized carbons (Fsp3) is 0.350. The molecule has 3 aromatic rings. The highest BCUT2D eigenvalue weighted by Gasteiger charge is 2.25. The lowest BCUT2D eigenvalue weighted by Crippen LogP contribution is -2.38. The first-order chi connectivity index (χ1) is 13.4. The molecule has 0 atom stereocenters. The quantitative estimate of drug-likeness (QED) is 0.496.